The van der Waals surface area contributed by atoms with Crippen molar-refractivity contribution in [3.8, 4) is 0 Å². The fraction of sp³-hybridized carbons (Fsp3) is 0.692. The average molecular weight is 282 g/mol. The van der Waals surface area contributed by atoms with E-state index in [1.807, 2.05) is 13.8 Å². The number of carboxylic acid groups (broad SMARTS) is 1. The van der Waals surface area contributed by atoms with Gasteiger partial charge in [0.05, 0.1) is 5.69 Å². The Kier molecular flexibility index (Phi) is 6.14. The number of carbonyl (C=O) groups is 2. The van der Waals surface area contributed by atoms with Gasteiger partial charge >= 0.3 is 5.97 Å². The molecule has 1 aromatic heterocycles. The van der Waals surface area contributed by atoms with Crippen molar-refractivity contribution in [1.29, 1.82) is 0 Å². The third-order valence-electron chi connectivity index (χ3n) is 2.95. The first kappa shape index (κ1) is 16.1. The van der Waals surface area contributed by atoms with E-state index in [9.17, 15) is 9.59 Å². The molecule has 1 heterocycles. The summed E-state index contributed by atoms with van der Waals surface area (Å²) < 4.78 is 1.38. The van der Waals surface area contributed by atoms with Crippen molar-refractivity contribution < 1.29 is 14.7 Å². The molecule has 0 aliphatic carbocycles. The van der Waals surface area contributed by atoms with Crippen molar-refractivity contribution in [3.05, 3.63) is 11.4 Å². The Hall–Kier alpha value is -1.92. The molecule has 20 heavy (non-hydrogen) atoms. The van der Waals surface area contributed by atoms with E-state index in [0.717, 1.165) is 19.3 Å². The van der Waals surface area contributed by atoms with Crippen LogP contribution in [0, 0.1) is 0 Å². The minimum Gasteiger partial charge on any atom is -0.476 e. The zero-order valence-corrected chi connectivity index (χ0v) is 12.2. The second-order valence-corrected chi connectivity index (χ2v) is 4.85. The highest BCUT2D eigenvalue weighted by atomic mass is 16.4. The summed E-state index contributed by atoms with van der Waals surface area (Å²) in [6, 6.07) is 0.101. The van der Waals surface area contributed by atoms with E-state index in [4.69, 9.17) is 5.11 Å². The predicted octanol–water partition coefficient (Wildman–Crippen LogP) is 1.23. The number of carboxylic acids is 1. The minimum atomic E-state index is -1.11. The molecule has 0 saturated carbocycles. The lowest BCUT2D eigenvalue weighted by molar-refractivity contribution is -0.122. The van der Waals surface area contributed by atoms with Crippen molar-refractivity contribution >= 4 is 11.9 Å². The van der Waals surface area contributed by atoms with E-state index in [1.54, 1.807) is 0 Å². The van der Waals surface area contributed by atoms with Crippen LogP contribution in [0.25, 0.3) is 0 Å². The molecular weight excluding hydrogens is 260 g/mol. The number of aromatic carboxylic acids is 1. The van der Waals surface area contributed by atoms with E-state index >= 15 is 0 Å². The number of rotatable bonds is 8. The number of aromatic nitrogens is 3. The van der Waals surface area contributed by atoms with Crippen LogP contribution in [0.15, 0.2) is 0 Å². The van der Waals surface area contributed by atoms with E-state index in [0.29, 0.717) is 12.1 Å². The molecule has 0 aromatic carbocycles. The van der Waals surface area contributed by atoms with Crippen LogP contribution in [0.1, 0.15) is 56.2 Å². The Labute approximate surface area is 118 Å². The smallest absolute Gasteiger partial charge is 0.358 e. The van der Waals surface area contributed by atoms with Crippen molar-refractivity contribution in [2.75, 3.05) is 0 Å². The van der Waals surface area contributed by atoms with Crippen LogP contribution in [0.5, 0.6) is 0 Å². The molecule has 2 N–H and O–H groups in total. The fourth-order valence-corrected chi connectivity index (χ4v) is 2.07. The summed E-state index contributed by atoms with van der Waals surface area (Å²) in [5, 5.41) is 19.3. The fourth-order valence-electron chi connectivity index (χ4n) is 2.07. The Bertz CT molecular complexity index is 470. The number of nitrogens with zero attached hydrogens (tertiary/aromatic N) is 3. The van der Waals surface area contributed by atoms with Gasteiger partial charge in [0.2, 0.25) is 5.91 Å². The standard InChI is InChI=1S/C13H22N4O3/c1-4-6-9(3)14-11(18)8-17-10(7-5-2)12(13(19)20)15-16-17/h9H,4-8H2,1-3H3,(H,14,18)(H,19,20). The van der Waals surface area contributed by atoms with Gasteiger partial charge in [0, 0.05) is 6.04 Å². The number of nitrogens with one attached hydrogen (secondary N) is 1. The van der Waals surface area contributed by atoms with Gasteiger partial charge in [-0.25, -0.2) is 9.48 Å². The molecule has 0 aliphatic heterocycles. The highest BCUT2D eigenvalue weighted by Gasteiger charge is 2.19. The van der Waals surface area contributed by atoms with Gasteiger partial charge in [-0.15, -0.1) is 5.10 Å². The van der Waals surface area contributed by atoms with Crippen molar-refractivity contribution in [3.63, 3.8) is 0 Å². The quantitative estimate of drug-likeness (QED) is 0.747. The van der Waals surface area contributed by atoms with Crippen LogP contribution in [0.3, 0.4) is 0 Å². The van der Waals surface area contributed by atoms with Gasteiger partial charge in [-0.05, 0) is 19.8 Å². The largest absolute Gasteiger partial charge is 0.476 e. The molecule has 0 bridgehead atoms. The molecule has 1 atom stereocenters. The maximum Gasteiger partial charge on any atom is 0.358 e. The van der Waals surface area contributed by atoms with Gasteiger partial charge in [0.1, 0.15) is 6.54 Å². The van der Waals surface area contributed by atoms with Crippen LogP contribution in [-0.2, 0) is 17.8 Å². The van der Waals surface area contributed by atoms with E-state index < -0.39 is 5.97 Å². The summed E-state index contributed by atoms with van der Waals surface area (Å²) in [4.78, 5) is 22.9. The van der Waals surface area contributed by atoms with Crippen molar-refractivity contribution in [1.82, 2.24) is 20.3 Å². The van der Waals surface area contributed by atoms with E-state index in [1.165, 1.54) is 4.68 Å². The first-order valence-electron chi connectivity index (χ1n) is 6.94. The predicted molar refractivity (Wildman–Crippen MR) is 73.5 cm³/mol. The maximum absolute atomic E-state index is 11.9. The summed E-state index contributed by atoms with van der Waals surface area (Å²) in [6.45, 7) is 5.94. The van der Waals surface area contributed by atoms with Gasteiger partial charge in [0.15, 0.2) is 5.69 Å². The van der Waals surface area contributed by atoms with Crippen LogP contribution in [0.4, 0.5) is 0 Å². The van der Waals surface area contributed by atoms with Crippen LogP contribution in [-0.4, -0.2) is 38.0 Å². The zero-order valence-electron chi connectivity index (χ0n) is 12.2. The summed E-state index contributed by atoms with van der Waals surface area (Å²) in [5.41, 5.74) is 0.430. The van der Waals surface area contributed by atoms with Crippen LogP contribution >= 0.6 is 0 Å². The summed E-state index contributed by atoms with van der Waals surface area (Å²) >= 11 is 0. The van der Waals surface area contributed by atoms with Crippen molar-refractivity contribution in [2.24, 2.45) is 0 Å². The monoisotopic (exact) mass is 282 g/mol. The topological polar surface area (TPSA) is 97.1 Å². The second-order valence-electron chi connectivity index (χ2n) is 4.85. The molecule has 0 radical (unpaired) electrons. The lowest BCUT2D eigenvalue weighted by atomic mass is 10.2. The highest BCUT2D eigenvalue weighted by molar-refractivity contribution is 5.86. The second kappa shape index (κ2) is 7.62. The molecular formula is C13H22N4O3. The molecule has 1 unspecified atom stereocenters. The molecule has 1 aromatic rings. The zero-order chi connectivity index (χ0) is 15.1. The third kappa shape index (κ3) is 4.32. The molecule has 7 heteroatoms. The van der Waals surface area contributed by atoms with Gasteiger partial charge in [0.25, 0.3) is 0 Å². The van der Waals surface area contributed by atoms with Gasteiger partial charge in [-0.3, -0.25) is 4.79 Å². The van der Waals surface area contributed by atoms with Gasteiger partial charge in [-0.2, -0.15) is 0 Å². The molecule has 0 saturated heterocycles. The molecule has 112 valence electrons. The number of amides is 1. The van der Waals surface area contributed by atoms with Gasteiger partial charge in [-0.1, -0.05) is 31.9 Å². The summed E-state index contributed by atoms with van der Waals surface area (Å²) in [6.07, 6.45) is 3.20. The number of hydrogen-bond acceptors (Lipinski definition) is 4. The average Bonchev–Trinajstić information content (AvgIpc) is 2.73. The first-order chi connectivity index (χ1) is 9.49. The number of carbonyl (C=O) groups excluding carboxylic acids is 1. The third-order valence-corrected chi connectivity index (χ3v) is 2.95. The maximum atomic E-state index is 11.9. The van der Waals surface area contributed by atoms with E-state index in [-0.39, 0.29) is 24.2 Å². The Morgan fingerprint density at radius 1 is 1.35 bits per heavy atom. The highest BCUT2D eigenvalue weighted by Crippen LogP contribution is 2.08. The summed E-state index contributed by atoms with van der Waals surface area (Å²) in [5.74, 6) is -1.29. The van der Waals surface area contributed by atoms with Crippen LogP contribution < -0.4 is 5.32 Å². The lowest BCUT2D eigenvalue weighted by Gasteiger charge is -2.13. The Morgan fingerprint density at radius 3 is 2.60 bits per heavy atom. The minimum absolute atomic E-state index is 0.00364. The van der Waals surface area contributed by atoms with E-state index in [2.05, 4.69) is 22.6 Å². The summed E-state index contributed by atoms with van der Waals surface area (Å²) in [7, 11) is 0. The normalized spacial score (nSPS) is 12.2. The van der Waals surface area contributed by atoms with Crippen LogP contribution in [0.2, 0.25) is 0 Å². The first-order valence-corrected chi connectivity index (χ1v) is 6.94. The molecule has 0 fully saturated rings. The molecule has 1 amide bonds. The Balaban J connectivity index is 2.76. The molecule has 0 spiro atoms. The van der Waals surface area contributed by atoms with Gasteiger partial charge < -0.3 is 10.4 Å². The lowest BCUT2D eigenvalue weighted by Crippen LogP contribution is -2.35. The SMILES string of the molecule is CCCc1c(C(=O)O)nnn1CC(=O)NC(C)CCC. The molecule has 1 rings (SSSR count). The number of hydrogen-bond donors (Lipinski definition) is 2. The molecule has 7 nitrogen and oxygen atoms in total. The van der Waals surface area contributed by atoms with Crippen molar-refractivity contribution in [2.45, 2.75) is 59.0 Å². The molecule has 0 aliphatic rings. The Morgan fingerprint density at radius 2 is 2.05 bits per heavy atom.